The first-order chi connectivity index (χ1) is 14.8. The van der Waals surface area contributed by atoms with Crippen LogP contribution in [0.1, 0.15) is 76.2 Å². The molecule has 0 saturated heterocycles. The van der Waals surface area contributed by atoms with Gasteiger partial charge in [0.2, 0.25) is 0 Å². The highest BCUT2D eigenvalue weighted by molar-refractivity contribution is 5.64. The van der Waals surface area contributed by atoms with Crippen molar-refractivity contribution in [2.75, 3.05) is 6.61 Å². The molecular weight excluding hydrogens is 364 g/mol. The van der Waals surface area contributed by atoms with Crippen LogP contribution in [0.2, 0.25) is 0 Å². The molecule has 0 aliphatic heterocycles. The lowest BCUT2D eigenvalue weighted by Crippen LogP contribution is -2.30. The van der Waals surface area contributed by atoms with Crippen molar-refractivity contribution >= 4 is 0 Å². The second kappa shape index (κ2) is 10.3. The number of benzene rings is 2. The van der Waals surface area contributed by atoms with Gasteiger partial charge in [0.05, 0.1) is 0 Å². The molecule has 4 rings (SSSR count). The highest BCUT2D eigenvalue weighted by Crippen LogP contribution is 2.48. The van der Waals surface area contributed by atoms with Gasteiger partial charge in [0.25, 0.3) is 0 Å². The molecule has 2 aliphatic rings. The Morgan fingerprint density at radius 1 is 0.867 bits per heavy atom. The number of hydrogen-bond donors (Lipinski definition) is 0. The first-order valence-electron chi connectivity index (χ1n) is 12.2. The van der Waals surface area contributed by atoms with Crippen LogP contribution in [0.3, 0.4) is 0 Å². The fourth-order valence-corrected chi connectivity index (χ4v) is 5.89. The molecule has 0 bridgehead atoms. The first kappa shape index (κ1) is 21.2. The van der Waals surface area contributed by atoms with E-state index in [0.29, 0.717) is 6.61 Å². The van der Waals surface area contributed by atoms with E-state index in [1.54, 1.807) is 11.6 Å². The average molecular weight is 403 g/mol. The van der Waals surface area contributed by atoms with Gasteiger partial charge in [-0.25, -0.2) is 0 Å². The monoisotopic (exact) mass is 402 g/mol. The summed E-state index contributed by atoms with van der Waals surface area (Å²) in [7, 11) is 0. The van der Waals surface area contributed by atoms with E-state index >= 15 is 0 Å². The third-order valence-electron chi connectivity index (χ3n) is 7.63. The van der Waals surface area contributed by atoms with Crippen molar-refractivity contribution in [2.24, 2.45) is 17.8 Å². The lowest BCUT2D eigenvalue weighted by Gasteiger charge is -2.42. The molecule has 0 spiro atoms. The van der Waals surface area contributed by atoms with Gasteiger partial charge >= 0.3 is 0 Å². The highest BCUT2D eigenvalue weighted by Gasteiger charge is 2.35. The van der Waals surface area contributed by atoms with Gasteiger partial charge in [0.1, 0.15) is 12.4 Å². The molecule has 0 N–H and O–H groups in total. The minimum atomic E-state index is 0.552. The molecule has 2 fully saturated rings. The van der Waals surface area contributed by atoms with Gasteiger partial charge < -0.3 is 4.74 Å². The van der Waals surface area contributed by atoms with Gasteiger partial charge in [0, 0.05) is 0 Å². The molecule has 4 atom stereocenters. The van der Waals surface area contributed by atoms with Gasteiger partial charge in [-0.15, -0.1) is 0 Å². The minimum Gasteiger partial charge on any atom is -0.490 e. The third-order valence-corrected chi connectivity index (χ3v) is 7.63. The molecule has 2 aliphatic carbocycles. The molecule has 160 valence electrons. The van der Waals surface area contributed by atoms with Gasteiger partial charge in [0.15, 0.2) is 0 Å². The maximum absolute atomic E-state index is 5.60. The summed E-state index contributed by atoms with van der Waals surface area (Å²) in [6, 6.07) is 17.8. The van der Waals surface area contributed by atoms with Crippen LogP contribution in [0.15, 0.2) is 61.2 Å². The Morgan fingerprint density at radius 3 is 2.23 bits per heavy atom. The molecule has 1 nitrogen and oxygen atoms in total. The number of ether oxygens (including phenoxy) is 1. The maximum Gasteiger partial charge on any atom is 0.119 e. The van der Waals surface area contributed by atoms with Crippen LogP contribution < -0.4 is 4.74 Å². The van der Waals surface area contributed by atoms with Crippen LogP contribution in [-0.4, -0.2) is 6.61 Å². The molecule has 2 aromatic carbocycles. The predicted octanol–water partition coefficient (Wildman–Crippen LogP) is 8.41. The van der Waals surface area contributed by atoms with E-state index in [9.17, 15) is 0 Å². The minimum absolute atomic E-state index is 0.552. The van der Waals surface area contributed by atoms with Crippen molar-refractivity contribution < 1.29 is 4.74 Å². The van der Waals surface area contributed by atoms with Gasteiger partial charge in [-0.05, 0) is 84.6 Å². The lowest BCUT2D eigenvalue weighted by atomic mass is 9.63. The smallest absolute Gasteiger partial charge is 0.119 e. The van der Waals surface area contributed by atoms with Crippen molar-refractivity contribution in [1.82, 2.24) is 0 Å². The van der Waals surface area contributed by atoms with Crippen LogP contribution in [0.25, 0.3) is 11.1 Å². The second-order valence-electron chi connectivity index (χ2n) is 9.60. The summed E-state index contributed by atoms with van der Waals surface area (Å²) in [6.45, 7) is 6.58. The van der Waals surface area contributed by atoms with Gasteiger partial charge in [-0.3, -0.25) is 0 Å². The highest BCUT2D eigenvalue weighted by atomic mass is 16.5. The zero-order valence-corrected chi connectivity index (χ0v) is 18.7. The lowest BCUT2D eigenvalue weighted by molar-refractivity contribution is 0.113. The van der Waals surface area contributed by atoms with Gasteiger partial charge in [-0.1, -0.05) is 81.7 Å². The topological polar surface area (TPSA) is 9.23 Å². The largest absolute Gasteiger partial charge is 0.490 e. The maximum atomic E-state index is 5.60. The normalized spacial score (nSPS) is 26.0. The fraction of sp³-hybridized carbons (Fsp3) is 0.517. The van der Waals surface area contributed by atoms with Gasteiger partial charge in [-0.2, -0.15) is 0 Å². The Balaban J connectivity index is 1.34. The summed E-state index contributed by atoms with van der Waals surface area (Å²) in [5.41, 5.74) is 4.09. The van der Waals surface area contributed by atoms with Crippen molar-refractivity contribution in [3.63, 3.8) is 0 Å². The summed E-state index contributed by atoms with van der Waals surface area (Å²) in [6.07, 6.45) is 14.8. The summed E-state index contributed by atoms with van der Waals surface area (Å²) < 4.78 is 5.60. The zero-order valence-electron chi connectivity index (χ0n) is 18.7. The van der Waals surface area contributed by atoms with Crippen molar-refractivity contribution in [3.8, 4) is 16.9 Å². The van der Waals surface area contributed by atoms with Crippen molar-refractivity contribution in [1.29, 1.82) is 0 Å². The van der Waals surface area contributed by atoms with Crippen LogP contribution in [-0.2, 0) is 0 Å². The summed E-state index contributed by atoms with van der Waals surface area (Å²) in [4.78, 5) is 0. The van der Waals surface area contributed by atoms with E-state index in [-0.39, 0.29) is 0 Å². The van der Waals surface area contributed by atoms with Crippen molar-refractivity contribution in [2.45, 2.75) is 70.6 Å². The molecule has 1 unspecified atom stereocenters. The predicted molar refractivity (Wildman–Crippen MR) is 128 cm³/mol. The van der Waals surface area contributed by atoms with E-state index in [0.717, 1.165) is 29.4 Å². The molecular formula is C29H38O. The summed E-state index contributed by atoms with van der Waals surface area (Å²) in [5.74, 6) is 4.68. The molecule has 2 aromatic rings. The number of unbranched alkanes of at least 4 members (excludes halogenated alkanes) is 1. The Kier molecular flexibility index (Phi) is 7.31. The van der Waals surface area contributed by atoms with E-state index in [2.05, 4.69) is 49.9 Å². The van der Waals surface area contributed by atoms with Crippen LogP contribution in [0.5, 0.6) is 5.75 Å². The second-order valence-corrected chi connectivity index (χ2v) is 9.60. The molecule has 2 saturated carbocycles. The summed E-state index contributed by atoms with van der Waals surface area (Å²) >= 11 is 0. The Labute approximate surface area is 183 Å². The first-order valence-corrected chi connectivity index (χ1v) is 12.2. The molecule has 1 heteroatoms. The number of rotatable bonds is 8. The zero-order chi connectivity index (χ0) is 20.8. The van der Waals surface area contributed by atoms with Crippen molar-refractivity contribution in [3.05, 3.63) is 66.7 Å². The van der Waals surface area contributed by atoms with E-state index in [1.165, 1.54) is 68.9 Å². The van der Waals surface area contributed by atoms with Crippen LogP contribution in [0.4, 0.5) is 0 Å². The fourth-order valence-electron chi connectivity index (χ4n) is 5.89. The van der Waals surface area contributed by atoms with E-state index in [1.807, 2.05) is 12.1 Å². The molecule has 0 aromatic heterocycles. The number of hydrogen-bond acceptors (Lipinski definition) is 1. The molecule has 0 heterocycles. The molecule has 0 amide bonds. The van der Waals surface area contributed by atoms with E-state index in [4.69, 9.17) is 4.74 Å². The third kappa shape index (κ3) is 5.17. The van der Waals surface area contributed by atoms with E-state index < -0.39 is 0 Å². The standard InChI is InChI=1S/C29H38O/c1-3-5-6-22-7-8-28-21-27(14-13-26(28)20-22)25-11-9-23(10-12-25)24-15-17-29(18-16-24)30-19-4-2/h4,9-12,15-18,22,26-28H,2-3,5-8,13-14,19-21H2,1H3/t22?,26-,27-,28-/m1/s1. The Hall–Kier alpha value is -2.02. The SMILES string of the molecule is C=CCOc1ccc(-c2ccc([C@@H]3CC[C@@H]4CC(CCCC)CC[C@@H]4C3)cc2)cc1. The molecule has 30 heavy (non-hydrogen) atoms. The van der Waals surface area contributed by atoms with Crippen LogP contribution in [0, 0.1) is 17.8 Å². The number of fused-ring (bicyclic) bond motifs is 1. The molecule has 0 radical (unpaired) electrons. The average Bonchev–Trinajstić information content (AvgIpc) is 2.81. The quantitative estimate of drug-likeness (QED) is 0.403. The van der Waals surface area contributed by atoms with Crippen LogP contribution >= 0.6 is 0 Å². The summed E-state index contributed by atoms with van der Waals surface area (Å²) in [5, 5.41) is 0. The Bertz CT molecular complexity index is 788. The Morgan fingerprint density at radius 2 is 1.53 bits per heavy atom.